The number of methoxy groups -OCH3 is 2. The second-order valence-corrected chi connectivity index (χ2v) is 15.9. The van der Waals surface area contributed by atoms with Crippen LogP contribution in [0.5, 0.6) is 11.5 Å². The highest BCUT2D eigenvalue weighted by Crippen LogP contribution is 2.39. The number of unbranched alkanes of at least 4 members (excludes halogenated alkanes) is 5. The number of aryl methyl sites for hydroxylation is 1. The van der Waals surface area contributed by atoms with E-state index in [-0.39, 0.29) is 41.4 Å². The van der Waals surface area contributed by atoms with Crippen molar-refractivity contribution in [2.45, 2.75) is 70.1 Å². The fourth-order valence-corrected chi connectivity index (χ4v) is 8.59. The van der Waals surface area contributed by atoms with Crippen LogP contribution < -0.4 is 31.0 Å². The van der Waals surface area contributed by atoms with E-state index in [0.29, 0.717) is 61.8 Å². The highest BCUT2D eigenvalue weighted by Gasteiger charge is 2.45. The zero-order valence-corrected chi connectivity index (χ0v) is 35.1. The minimum Gasteiger partial charge on any atom is -0.496 e. The number of anilines is 1. The van der Waals surface area contributed by atoms with E-state index < -0.39 is 35.8 Å². The molecule has 0 saturated carbocycles. The molecule has 326 valence electrons. The molecule has 2 unspecified atom stereocenters. The van der Waals surface area contributed by atoms with E-state index in [4.69, 9.17) is 14.2 Å². The van der Waals surface area contributed by atoms with Gasteiger partial charge in [-0.05, 0) is 60.5 Å². The first kappa shape index (κ1) is 43.5. The normalized spacial score (nSPS) is 17.0. The summed E-state index contributed by atoms with van der Waals surface area (Å²) in [5.41, 5.74) is 3.36. The first-order valence-electron chi connectivity index (χ1n) is 20.9. The summed E-state index contributed by atoms with van der Waals surface area (Å²) in [6.45, 7) is 2.89. The summed E-state index contributed by atoms with van der Waals surface area (Å²) < 4.78 is 18.5. The van der Waals surface area contributed by atoms with Crippen LogP contribution in [0.3, 0.4) is 0 Å². The summed E-state index contributed by atoms with van der Waals surface area (Å²) in [6, 6.07) is 9.66. The first-order valence-corrected chi connectivity index (χ1v) is 20.9. The number of nitrogens with zero attached hydrogens (tertiary/aromatic N) is 4. The van der Waals surface area contributed by atoms with Crippen LogP contribution in [0.1, 0.15) is 77.6 Å². The van der Waals surface area contributed by atoms with E-state index in [0.717, 1.165) is 65.5 Å². The second kappa shape index (κ2) is 19.4. The SMILES string of the molecule is COc1cc(-c2cn(C)c(=O)c3cnccc23)cc(OC)c1CN1CC(C(OC=O)C(=O)NCCCCCCCCNc2cccc3c2C(=O)N(C2CCC(=O)NC2=O)C3=O)C1. The molecule has 2 aromatic carbocycles. The number of likely N-dealkylation sites (tertiary alicyclic amines) is 1. The van der Waals surface area contributed by atoms with Gasteiger partial charge in [-0.2, -0.15) is 0 Å². The highest BCUT2D eigenvalue weighted by molar-refractivity contribution is 6.25. The zero-order valence-electron chi connectivity index (χ0n) is 35.1. The van der Waals surface area contributed by atoms with E-state index in [9.17, 15) is 33.6 Å². The largest absolute Gasteiger partial charge is 0.496 e. The maximum Gasteiger partial charge on any atom is 0.293 e. The van der Waals surface area contributed by atoms with Crippen LogP contribution >= 0.6 is 0 Å². The van der Waals surface area contributed by atoms with Crippen LogP contribution in [0.2, 0.25) is 0 Å². The van der Waals surface area contributed by atoms with Gasteiger partial charge in [0.15, 0.2) is 6.10 Å². The Kier molecular flexibility index (Phi) is 13.6. The summed E-state index contributed by atoms with van der Waals surface area (Å²) in [5.74, 6) is -1.41. The molecule has 2 aromatic heterocycles. The van der Waals surface area contributed by atoms with E-state index in [1.165, 1.54) is 4.57 Å². The Labute approximate surface area is 358 Å². The topological polar surface area (TPSA) is 208 Å². The highest BCUT2D eigenvalue weighted by atomic mass is 16.5. The van der Waals surface area contributed by atoms with E-state index in [1.807, 2.05) is 18.2 Å². The Morgan fingerprint density at radius 2 is 1.63 bits per heavy atom. The molecular weight excluding hydrogens is 799 g/mol. The number of rotatable bonds is 20. The molecule has 3 aliphatic rings. The summed E-state index contributed by atoms with van der Waals surface area (Å²) in [4.78, 5) is 95.0. The van der Waals surface area contributed by atoms with Gasteiger partial charge in [0.05, 0.1) is 36.3 Å². The molecule has 5 heterocycles. The molecule has 0 aliphatic carbocycles. The van der Waals surface area contributed by atoms with E-state index in [2.05, 4.69) is 25.8 Å². The van der Waals surface area contributed by atoms with Crippen molar-refractivity contribution < 1.29 is 43.0 Å². The van der Waals surface area contributed by atoms with Gasteiger partial charge in [-0.15, -0.1) is 0 Å². The zero-order chi connectivity index (χ0) is 43.9. The van der Waals surface area contributed by atoms with Gasteiger partial charge >= 0.3 is 0 Å². The van der Waals surface area contributed by atoms with Crippen LogP contribution in [-0.4, -0.2) is 108 Å². The summed E-state index contributed by atoms with van der Waals surface area (Å²) in [5, 5.41) is 9.70. The van der Waals surface area contributed by atoms with Crippen LogP contribution in [0.15, 0.2) is 59.8 Å². The Morgan fingerprint density at radius 3 is 2.32 bits per heavy atom. The predicted octanol–water partition coefficient (Wildman–Crippen LogP) is 3.56. The molecule has 2 saturated heterocycles. The lowest BCUT2D eigenvalue weighted by Gasteiger charge is -2.42. The lowest BCUT2D eigenvalue weighted by Crippen LogP contribution is -2.56. The average molecular weight is 850 g/mol. The number of nitrogens with one attached hydrogen (secondary N) is 3. The minimum atomic E-state index is -1.01. The quantitative estimate of drug-likeness (QED) is 0.0662. The van der Waals surface area contributed by atoms with Gasteiger partial charge in [0, 0.05) is 82.0 Å². The number of piperidine rings is 1. The summed E-state index contributed by atoms with van der Waals surface area (Å²) >= 11 is 0. The third-order valence-corrected chi connectivity index (χ3v) is 11.8. The fraction of sp³-hybridized carbons (Fsp3) is 0.422. The number of carbonyl (C=O) groups excluding carboxylic acids is 6. The Morgan fingerprint density at radius 1 is 0.919 bits per heavy atom. The van der Waals surface area contributed by atoms with Gasteiger partial charge in [-0.1, -0.05) is 31.7 Å². The standard InChI is InChI=1S/C45H51N7O10/c1-50-24-32(29-15-18-46-21-31(29)43(50)57)27-19-36(60-2)33(37(20-27)61-3)25-51-22-28(23-51)40(62-26-53)42(56)48-17-9-7-5-4-6-8-16-47-34-12-10-11-30-39(34)45(59)52(44(30)58)35-13-14-38(54)49-41(35)55/h10-12,15,18-21,24,26,28,35,40,47H,4-9,13-14,16-17,22-23,25H2,1-3H3,(H,48,56)(H,49,54,55). The van der Waals surface area contributed by atoms with Crippen molar-refractivity contribution in [1.82, 2.24) is 30.0 Å². The predicted molar refractivity (Wildman–Crippen MR) is 228 cm³/mol. The van der Waals surface area contributed by atoms with Crippen molar-refractivity contribution in [1.29, 1.82) is 0 Å². The number of fused-ring (bicyclic) bond motifs is 2. The summed E-state index contributed by atoms with van der Waals surface area (Å²) in [6.07, 6.45) is 9.64. The number of hydrogen-bond acceptors (Lipinski definition) is 13. The number of carbonyl (C=O) groups is 6. The molecule has 62 heavy (non-hydrogen) atoms. The van der Waals surface area contributed by atoms with Crippen LogP contribution in [0, 0.1) is 5.92 Å². The van der Waals surface area contributed by atoms with Gasteiger partial charge in [0.1, 0.15) is 17.5 Å². The molecule has 3 N–H and O–H groups in total. The van der Waals surface area contributed by atoms with Gasteiger partial charge in [0.25, 0.3) is 29.8 Å². The fourth-order valence-electron chi connectivity index (χ4n) is 8.59. The number of amides is 5. The van der Waals surface area contributed by atoms with Crippen molar-refractivity contribution in [3.8, 4) is 22.6 Å². The van der Waals surface area contributed by atoms with Crippen molar-refractivity contribution in [3.63, 3.8) is 0 Å². The molecular formula is C45H51N7O10. The van der Waals surface area contributed by atoms with Gasteiger partial charge in [-0.25, -0.2) is 0 Å². The number of benzene rings is 2. The molecule has 7 rings (SSSR count). The second-order valence-electron chi connectivity index (χ2n) is 15.9. The maximum atomic E-state index is 13.3. The van der Waals surface area contributed by atoms with Crippen molar-refractivity contribution in [2.24, 2.45) is 13.0 Å². The minimum absolute atomic E-state index is 0.0624. The molecule has 0 radical (unpaired) electrons. The lowest BCUT2D eigenvalue weighted by molar-refractivity contribution is -0.153. The van der Waals surface area contributed by atoms with Crippen molar-refractivity contribution in [2.75, 3.05) is 45.7 Å². The lowest BCUT2D eigenvalue weighted by atomic mass is 9.91. The summed E-state index contributed by atoms with van der Waals surface area (Å²) in [7, 11) is 4.89. The Hall–Kier alpha value is -6.62. The Bertz CT molecular complexity index is 2420. The van der Waals surface area contributed by atoms with Crippen LogP contribution in [-0.2, 0) is 37.5 Å². The van der Waals surface area contributed by atoms with Gasteiger partial charge < -0.3 is 29.4 Å². The number of aromatic nitrogens is 2. The molecule has 4 aromatic rings. The third kappa shape index (κ3) is 9.03. The molecule has 2 atom stereocenters. The molecule has 3 aliphatic heterocycles. The van der Waals surface area contributed by atoms with Gasteiger partial charge in [-0.3, -0.25) is 53.7 Å². The van der Waals surface area contributed by atoms with Crippen LogP contribution in [0.4, 0.5) is 5.69 Å². The first-order chi connectivity index (χ1) is 30.0. The number of hydrogen-bond donors (Lipinski definition) is 3. The molecule has 0 bridgehead atoms. The molecule has 2 fully saturated rings. The van der Waals surface area contributed by atoms with Crippen LogP contribution in [0.25, 0.3) is 21.9 Å². The average Bonchev–Trinajstić information content (AvgIpc) is 3.51. The van der Waals surface area contributed by atoms with Gasteiger partial charge in [0.2, 0.25) is 11.8 Å². The molecule has 17 heteroatoms. The number of imide groups is 2. The number of ether oxygens (including phenoxy) is 3. The molecule has 5 amide bonds. The van der Waals surface area contributed by atoms with E-state index in [1.54, 1.807) is 58.1 Å². The van der Waals surface area contributed by atoms with E-state index >= 15 is 0 Å². The molecule has 0 spiro atoms. The third-order valence-electron chi connectivity index (χ3n) is 11.8. The monoisotopic (exact) mass is 849 g/mol. The van der Waals surface area contributed by atoms with Crippen molar-refractivity contribution in [3.05, 3.63) is 82.0 Å². The Balaban J connectivity index is 0.824. The van der Waals surface area contributed by atoms with Crippen molar-refractivity contribution >= 4 is 52.5 Å². The molecule has 17 nitrogen and oxygen atoms in total. The number of pyridine rings is 2. The smallest absolute Gasteiger partial charge is 0.293 e. The maximum absolute atomic E-state index is 13.3.